The zero-order valence-corrected chi connectivity index (χ0v) is 12.8. The molecule has 1 fully saturated rings. The highest BCUT2D eigenvalue weighted by Crippen LogP contribution is 2.49. The van der Waals surface area contributed by atoms with Gasteiger partial charge in [0.2, 0.25) is 10.0 Å². The maximum Gasteiger partial charge on any atom is 0.244 e. The van der Waals surface area contributed by atoms with Gasteiger partial charge in [-0.25, -0.2) is 13.1 Å². The summed E-state index contributed by atoms with van der Waals surface area (Å²) in [4.78, 5) is 0.140. The van der Waals surface area contributed by atoms with E-state index >= 15 is 0 Å². The van der Waals surface area contributed by atoms with Crippen LogP contribution in [0.2, 0.25) is 0 Å². The number of rotatable bonds is 7. The highest BCUT2D eigenvalue weighted by molar-refractivity contribution is 7.89. The molecule has 0 bridgehead atoms. The van der Waals surface area contributed by atoms with E-state index in [1.54, 1.807) is 6.07 Å². The minimum atomic E-state index is -3.56. The molecular formula is C14H22N2O3S. The summed E-state index contributed by atoms with van der Waals surface area (Å²) in [6.45, 7) is 2.62. The summed E-state index contributed by atoms with van der Waals surface area (Å²) in [5.41, 5.74) is 6.29. The predicted octanol–water partition coefficient (Wildman–Crippen LogP) is 2.14. The van der Waals surface area contributed by atoms with Gasteiger partial charge in [-0.1, -0.05) is 13.3 Å². The first-order valence-corrected chi connectivity index (χ1v) is 8.34. The summed E-state index contributed by atoms with van der Waals surface area (Å²) < 4.78 is 32.6. The van der Waals surface area contributed by atoms with E-state index in [-0.39, 0.29) is 16.1 Å². The lowest BCUT2D eigenvalue weighted by Crippen LogP contribution is -2.30. The fourth-order valence-electron chi connectivity index (χ4n) is 2.45. The molecule has 0 aromatic heterocycles. The number of methoxy groups -OCH3 is 1. The summed E-state index contributed by atoms with van der Waals surface area (Å²) in [5, 5.41) is 0. The average Bonchev–Trinajstić information content (AvgIpc) is 3.17. The molecule has 0 aliphatic heterocycles. The third-order valence-electron chi connectivity index (χ3n) is 3.85. The molecule has 1 aliphatic carbocycles. The molecule has 1 aliphatic rings. The first-order chi connectivity index (χ1) is 9.42. The normalized spacial score (nSPS) is 16.9. The minimum Gasteiger partial charge on any atom is -0.495 e. The van der Waals surface area contributed by atoms with Gasteiger partial charge in [-0.2, -0.15) is 0 Å². The van der Waals surface area contributed by atoms with Gasteiger partial charge < -0.3 is 10.5 Å². The van der Waals surface area contributed by atoms with E-state index in [0.717, 1.165) is 25.7 Å². The molecule has 0 unspecified atom stereocenters. The number of ether oxygens (including phenoxy) is 1. The van der Waals surface area contributed by atoms with Crippen molar-refractivity contribution in [2.75, 3.05) is 19.4 Å². The van der Waals surface area contributed by atoms with Gasteiger partial charge in [-0.15, -0.1) is 0 Å². The summed E-state index contributed by atoms with van der Waals surface area (Å²) in [5.74, 6) is 0.276. The van der Waals surface area contributed by atoms with Crippen molar-refractivity contribution >= 4 is 15.7 Å². The average molecular weight is 298 g/mol. The quantitative estimate of drug-likeness (QED) is 0.756. The second kappa shape index (κ2) is 5.61. The molecule has 1 saturated carbocycles. The van der Waals surface area contributed by atoms with E-state index in [1.165, 1.54) is 19.2 Å². The zero-order chi connectivity index (χ0) is 14.8. The molecule has 1 aromatic rings. The van der Waals surface area contributed by atoms with Crippen LogP contribution in [0, 0.1) is 5.41 Å². The lowest BCUT2D eigenvalue weighted by molar-refractivity contribution is 0.401. The van der Waals surface area contributed by atoms with Crippen LogP contribution >= 0.6 is 0 Å². The third-order valence-corrected chi connectivity index (χ3v) is 5.29. The number of hydrogen-bond donors (Lipinski definition) is 2. The number of anilines is 1. The van der Waals surface area contributed by atoms with Crippen molar-refractivity contribution in [1.82, 2.24) is 4.72 Å². The Balaban J connectivity index is 2.14. The molecule has 0 heterocycles. The fourth-order valence-corrected chi connectivity index (χ4v) is 3.76. The number of nitrogen functional groups attached to an aromatic ring is 1. The lowest BCUT2D eigenvalue weighted by Gasteiger charge is -2.16. The van der Waals surface area contributed by atoms with Crippen LogP contribution in [-0.2, 0) is 10.0 Å². The Hall–Kier alpha value is -1.27. The molecule has 6 heteroatoms. The fraction of sp³-hybridized carbons (Fsp3) is 0.571. The molecule has 2 rings (SSSR count). The molecule has 1 aromatic carbocycles. The number of nitrogens with two attached hydrogens (primary N) is 1. The third kappa shape index (κ3) is 3.24. The van der Waals surface area contributed by atoms with Crippen LogP contribution in [0.25, 0.3) is 0 Å². The number of sulfonamides is 1. The van der Waals surface area contributed by atoms with Crippen LogP contribution in [0.1, 0.15) is 32.6 Å². The van der Waals surface area contributed by atoms with E-state index in [1.807, 2.05) is 0 Å². The van der Waals surface area contributed by atoms with Crippen LogP contribution in [-0.4, -0.2) is 22.1 Å². The molecule has 0 amide bonds. The molecule has 0 saturated heterocycles. The summed E-state index contributed by atoms with van der Waals surface area (Å²) in [6.07, 6.45) is 4.34. The highest BCUT2D eigenvalue weighted by atomic mass is 32.2. The van der Waals surface area contributed by atoms with E-state index in [9.17, 15) is 8.42 Å². The Morgan fingerprint density at radius 3 is 2.65 bits per heavy atom. The zero-order valence-electron chi connectivity index (χ0n) is 12.0. The van der Waals surface area contributed by atoms with Crippen molar-refractivity contribution < 1.29 is 13.2 Å². The first-order valence-electron chi connectivity index (χ1n) is 6.86. The predicted molar refractivity (Wildman–Crippen MR) is 79.2 cm³/mol. The molecular weight excluding hydrogens is 276 g/mol. The van der Waals surface area contributed by atoms with Crippen molar-refractivity contribution in [3.8, 4) is 5.75 Å². The topological polar surface area (TPSA) is 81.4 Å². The van der Waals surface area contributed by atoms with Crippen LogP contribution < -0.4 is 15.2 Å². The Morgan fingerprint density at radius 1 is 1.40 bits per heavy atom. The largest absolute Gasteiger partial charge is 0.495 e. The van der Waals surface area contributed by atoms with Gasteiger partial charge in [-0.05, 0) is 36.8 Å². The molecule has 20 heavy (non-hydrogen) atoms. The lowest BCUT2D eigenvalue weighted by atomic mass is 10.0. The molecule has 0 spiro atoms. The van der Waals surface area contributed by atoms with Gasteiger partial charge in [0, 0.05) is 18.3 Å². The van der Waals surface area contributed by atoms with Gasteiger partial charge in [0.05, 0.1) is 7.11 Å². The van der Waals surface area contributed by atoms with Crippen LogP contribution in [0.4, 0.5) is 5.69 Å². The van der Waals surface area contributed by atoms with Crippen molar-refractivity contribution in [3.63, 3.8) is 0 Å². The van der Waals surface area contributed by atoms with Gasteiger partial charge >= 0.3 is 0 Å². The smallest absolute Gasteiger partial charge is 0.244 e. The van der Waals surface area contributed by atoms with E-state index in [2.05, 4.69) is 11.6 Å². The molecule has 112 valence electrons. The minimum absolute atomic E-state index is 0.140. The van der Waals surface area contributed by atoms with Gasteiger partial charge in [-0.3, -0.25) is 0 Å². The number of nitrogens with one attached hydrogen (secondary N) is 1. The second-order valence-electron chi connectivity index (χ2n) is 5.48. The van der Waals surface area contributed by atoms with Crippen LogP contribution in [0.3, 0.4) is 0 Å². The first kappa shape index (κ1) is 15.1. The SMILES string of the molecule is CCCC1(CNS(=O)(=O)c2ccc(N)cc2OC)CC1. The number of benzene rings is 1. The van der Waals surface area contributed by atoms with E-state index in [4.69, 9.17) is 10.5 Å². The summed E-state index contributed by atoms with van der Waals surface area (Å²) in [7, 11) is -2.12. The van der Waals surface area contributed by atoms with Crippen molar-refractivity contribution in [2.45, 2.75) is 37.5 Å². The van der Waals surface area contributed by atoms with Gasteiger partial charge in [0.1, 0.15) is 10.6 Å². The molecule has 3 N–H and O–H groups in total. The highest BCUT2D eigenvalue weighted by Gasteiger charge is 2.42. The van der Waals surface area contributed by atoms with E-state index < -0.39 is 10.0 Å². The monoisotopic (exact) mass is 298 g/mol. The molecule has 5 nitrogen and oxygen atoms in total. The maximum atomic E-state index is 12.4. The second-order valence-corrected chi connectivity index (χ2v) is 7.22. The van der Waals surface area contributed by atoms with E-state index in [0.29, 0.717) is 12.2 Å². The number of hydrogen-bond acceptors (Lipinski definition) is 4. The van der Waals surface area contributed by atoms with Crippen molar-refractivity contribution in [3.05, 3.63) is 18.2 Å². The van der Waals surface area contributed by atoms with Gasteiger partial charge in [0.25, 0.3) is 0 Å². The van der Waals surface area contributed by atoms with Crippen molar-refractivity contribution in [2.24, 2.45) is 5.41 Å². The standard InChI is InChI=1S/C14H22N2O3S/c1-3-6-14(7-8-14)10-16-20(17,18)13-5-4-11(15)9-12(13)19-2/h4-5,9,16H,3,6-8,10,15H2,1-2H3. The maximum absolute atomic E-state index is 12.4. The Labute approximate surface area is 120 Å². The Kier molecular flexibility index (Phi) is 4.25. The van der Waals surface area contributed by atoms with Crippen LogP contribution in [0.5, 0.6) is 5.75 Å². The van der Waals surface area contributed by atoms with Crippen LogP contribution in [0.15, 0.2) is 23.1 Å². The Bertz CT molecular complexity index is 580. The van der Waals surface area contributed by atoms with Crippen molar-refractivity contribution in [1.29, 1.82) is 0 Å². The summed E-state index contributed by atoms with van der Waals surface area (Å²) in [6, 6.07) is 4.57. The molecule has 0 atom stereocenters. The Morgan fingerprint density at radius 2 is 2.10 bits per heavy atom. The van der Waals surface area contributed by atoms with Gasteiger partial charge in [0.15, 0.2) is 0 Å². The molecule has 0 radical (unpaired) electrons. The summed E-state index contributed by atoms with van der Waals surface area (Å²) >= 11 is 0.